The molecule has 9 heteroatoms. The molecular weight excluding hydrogens is 434 g/mol. The molecule has 0 bridgehead atoms. The standard InChI is InChI=1S/C23H22ClN3O5/c1-11-14-6-7-27(21(14)26-10-25-11)22-20-19(31-23(2,3)32-20)18(30-22)17-15-5-4-13(24)8-12(15)9-16(28)29-17/h4-8,10,17-20,22H,9H2,1-3H3/t17-,18?,19-,20-,22-/m1/s1. The van der Waals surface area contributed by atoms with Crippen molar-refractivity contribution >= 4 is 28.6 Å². The lowest BCUT2D eigenvalue weighted by molar-refractivity contribution is -0.212. The Hall–Kier alpha value is -2.52. The molecule has 8 nitrogen and oxygen atoms in total. The minimum Gasteiger partial charge on any atom is -0.454 e. The number of benzene rings is 1. The number of carbonyl (C=O) groups excluding carboxylic acids is 1. The summed E-state index contributed by atoms with van der Waals surface area (Å²) in [5, 5.41) is 1.52. The van der Waals surface area contributed by atoms with Crippen LogP contribution in [0.4, 0.5) is 0 Å². The second-order valence-electron chi connectivity index (χ2n) is 8.91. The van der Waals surface area contributed by atoms with Crippen LogP contribution in [0, 0.1) is 6.92 Å². The maximum atomic E-state index is 12.4. The number of hydrogen-bond donors (Lipinski definition) is 0. The molecule has 3 aliphatic rings. The SMILES string of the molecule is Cc1ncnc2c1ccn2[C@@H]1OC([C@@H]2OC(=O)Cc3cc(Cl)ccc32)[C@H]2OC(C)(C)O[C@H]21. The second kappa shape index (κ2) is 6.99. The zero-order valence-corrected chi connectivity index (χ0v) is 18.6. The molecular formula is C23H22ClN3O5. The molecule has 1 aromatic carbocycles. The topological polar surface area (TPSA) is 84.7 Å². The zero-order chi connectivity index (χ0) is 22.2. The van der Waals surface area contributed by atoms with Gasteiger partial charge in [0.25, 0.3) is 0 Å². The molecule has 0 spiro atoms. The van der Waals surface area contributed by atoms with Crippen LogP contribution in [0.25, 0.3) is 11.0 Å². The summed E-state index contributed by atoms with van der Waals surface area (Å²) in [4.78, 5) is 21.2. The van der Waals surface area contributed by atoms with Crippen molar-refractivity contribution in [2.24, 2.45) is 0 Å². The first kappa shape index (κ1) is 20.1. The van der Waals surface area contributed by atoms with Crippen molar-refractivity contribution < 1.29 is 23.7 Å². The maximum absolute atomic E-state index is 12.4. The molecule has 3 aliphatic heterocycles. The van der Waals surface area contributed by atoms with Gasteiger partial charge >= 0.3 is 5.97 Å². The number of cyclic esters (lactones) is 1. The first-order chi connectivity index (χ1) is 15.3. The Kier molecular flexibility index (Phi) is 4.39. The van der Waals surface area contributed by atoms with Crippen LogP contribution in [0.1, 0.15) is 43.0 Å². The summed E-state index contributed by atoms with van der Waals surface area (Å²) in [6.07, 6.45) is 1.11. The van der Waals surface area contributed by atoms with Crippen molar-refractivity contribution in [1.29, 1.82) is 0 Å². The third-order valence-electron chi connectivity index (χ3n) is 6.35. The summed E-state index contributed by atoms with van der Waals surface area (Å²) < 4.78 is 26.8. The molecule has 0 amide bonds. The predicted molar refractivity (Wildman–Crippen MR) is 114 cm³/mol. The average molecular weight is 456 g/mol. The number of rotatable bonds is 2. The van der Waals surface area contributed by atoms with E-state index in [-0.39, 0.29) is 12.4 Å². The highest BCUT2D eigenvalue weighted by molar-refractivity contribution is 6.30. The minimum atomic E-state index is -0.801. The van der Waals surface area contributed by atoms with Gasteiger partial charge in [-0.2, -0.15) is 0 Å². The quantitative estimate of drug-likeness (QED) is 0.545. The van der Waals surface area contributed by atoms with Gasteiger partial charge in [-0.25, -0.2) is 9.97 Å². The number of fused-ring (bicyclic) bond motifs is 3. The van der Waals surface area contributed by atoms with Crippen molar-refractivity contribution in [3.8, 4) is 0 Å². The van der Waals surface area contributed by atoms with Crippen molar-refractivity contribution in [3.05, 3.63) is 58.6 Å². The molecule has 166 valence electrons. The van der Waals surface area contributed by atoms with Crippen LogP contribution in [-0.2, 0) is 30.2 Å². The number of ether oxygens (including phenoxy) is 4. The number of hydrogen-bond acceptors (Lipinski definition) is 7. The van der Waals surface area contributed by atoms with Crippen molar-refractivity contribution in [1.82, 2.24) is 14.5 Å². The predicted octanol–water partition coefficient (Wildman–Crippen LogP) is 3.65. The molecule has 0 radical (unpaired) electrons. The number of carbonyl (C=O) groups is 1. The maximum Gasteiger partial charge on any atom is 0.310 e. The summed E-state index contributed by atoms with van der Waals surface area (Å²) in [5.74, 6) is -1.12. The van der Waals surface area contributed by atoms with E-state index in [9.17, 15) is 4.79 Å². The summed E-state index contributed by atoms with van der Waals surface area (Å²) in [5.41, 5.74) is 3.36. The monoisotopic (exact) mass is 455 g/mol. The fourth-order valence-corrected chi connectivity index (χ4v) is 5.22. The zero-order valence-electron chi connectivity index (χ0n) is 17.8. The van der Waals surface area contributed by atoms with Gasteiger partial charge in [0.1, 0.15) is 30.3 Å². The van der Waals surface area contributed by atoms with Crippen LogP contribution in [0.15, 0.2) is 36.8 Å². The molecule has 2 aromatic heterocycles. The number of esters is 1. The molecule has 0 aliphatic carbocycles. The largest absolute Gasteiger partial charge is 0.454 e. The van der Waals surface area contributed by atoms with E-state index >= 15 is 0 Å². The van der Waals surface area contributed by atoms with E-state index in [0.29, 0.717) is 5.02 Å². The molecule has 5 heterocycles. The number of nitrogens with zero attached hydrogens (tertiary/aromatic N) is 3. The Balaban J connectivity index is 1.43. The van der Waals surface area contributed by atoms with E-state index in [0.717, 1.165) is 27.9 Å². The van der Waals surface area contributed by atoms with Gasteiger partial charge in [0.15, 0.2) is 18.1 Å². The van der Waals surface area contributed by atoms with Crippen molar-refractivity contribution in [2.45, 2.75) is 63.6 Å². The van der Waals surface area contributed by atoms with Crippen molar-refractivity contribution in [3.63, 3.8) is 0 Å². The van der Waals surface area contributed by atoms with Gasteiger partial charge in [0.2, 0.25) is 0 Å². The minimum absolute atomic E-state index is 0.178. The lowest BCUT2D eigenvalue weighted by Crippen LogP contribution is -2.38. The summed E-state index contributed by atoms with van der Waals surface area (Å²) in [7, 11) is 0. The van der Waals surface area contributed by atoms with Gasteiger partial charge in [-0.1, -0.05) is 17.7 Å². The van der Waals surface area contributed by atoms with Gasteiger partial charge in [0, 0.05) is 16.6 Å². The fourth-order valence-electron chi connectivity index (χ4n) is 5.03. The first-order valence-electron chi connectivity index (χ1n) is 10.6. The molecule has 1 unspecified atom stereocenters. The van der Waals surface area contributed by atoms with Gasteiger partial charge in [0.05, 0.1) is 12.1 Å². The highest BCUT2D eigenvalue weighted by Gasteiger charge is 2.59. The highest BCUT2D eigenvalue weighted by atomic mass is 35.5. The second-order valence-corrected chi connectivity index (χ2v) is 9.34. The van der Waals surface area contributed by atoms with E-state index in [1.807, 2.05) is 49.7 Å². The lowest BCUT2D eigenvalue weighted by atomic mass is 9.91. The van der Waals surface area contributed by atoms with Gasteiger partial charge in [-0.3, -0.25) is 4.79 Å². The highest BCUT2D eigenvalue weighted by Crippen LogP contribution is 2.49. The molecule has 2 fully saturated rings. The molecule has 32 heavy (non-hydrogen) atoms. The number of aromatic nitrogens is 3. The Morgan fingerprint density at radius 3 is 2.78 bits per heavy atom. The van der Waals surface area contributed by atoms with E-state index in [2.05, 4.69) is 9.97 Å². The Morgan fingerprint density at radius 1 is 1.12 bits per heavy atom. The Labute approximate surface area is 189 Å². The number of aryl methyl sites for hydroxylation is 1. The third-order valence-corrected chi connectivity index (χ3v) is 6.59. The molecule has 5 atom stereocenters. The summed E-state index contributed by atoms with van der Waals surface area (Å²) in [6, 6.07) is 7.47. The van der Waals surface area contributed by atoms with Crippen LogP contribution >= 0.6 is 11.6 Å². The average Bonchev–Trinajstić information content (AvgIpc) is 3.38. The lowest BCUT2D eigenvalue weighted by Gasteiger charge is -2.32. The van der Waals surface area contributed by atoms with E-state index in [1.165, 1.54) is 6.33 Å². The van der Waals surface area contributed by atoms with Crippen LogP contribution in [-0.4, -0.2) is 44.6 Å². The Morgan fingerprint density at radius 2 is 1.94 bits per heavy atom. The molecule has 3 aromatic rings. The fraction of sp³-hybridized carbons (Fsp3) is 0.435. The third kappa shape index (κ3) is 3.05. The molecule has 0 N–H and O–H groups in total. The molecule has 0 saturated carbocycles. The molecule has 6 rings (SSSR count). The summed E-state index contributed by atoms with van der Waals surface area (Å²) in [6.45, 7) is 5.69. The van der Waals surface area contributed by atoms with E-state index in [4.69, 9.17) is 30.5 Å². The van der Waals surface area contributed by atoms with Crippen LogP contribution in [0.5, 0.6) is 0 Å². The first-order valence-corrected chi connectivity index (χ1v) is 11.0. The summed E-state index contributed by atoms with van der Waals surface area (Å²) >= 11 is 6.17. The van der Waals surface area contributed by atoms with Gasteiger partial charge in [-0.05, 0) is 50.1 Å². The number of halogens is 1. The van der Waals surface area contributed by atoms with Gasteiger partial charge < -0.3 is 23.5 Å². The van der Waals surface area contributed by atoms with E-state index < -0.39 is 36.4 Å². The normalized spacial score (nSPS) is 30.9. The van der Waals surface area contributed by atoms with Gasteiger partial charge in [-0.15, -0.1) is 0 Å². The van der Waals surface area contributed by atoms with Crippen LogP contribution in [0.2, 0.25) is 5.02 Å². The van der Waals surface area contributed by atoms with Crippen molar-refractivity contribution in [2.75, 3.05) is 0 Å². The molecule has 2 saturated heterocycles. The van der Waals surface area contributed by atoms with Crippen LogP contribution < -0.4 is 0 Å². The van der Waals surface area contributed by atoms with Crippen LogP contribution in [0.3, 0.4) is 0 Å². The smallest absolute Gasteiger partial charge is 0.310 e. The van der Waals surface area contributed by atoms with E-state index in [1.54, 1.807) is 6.07 Å². The Bertz CT molecular complexity index is 1240.